The first-order valence-electron chi connectivity index (χ1n) is 7.35. The second-order valence-corrected chi connectivity index (χ2v) is 6.04. The highest BCUT2D eigenvalue weighted by Crippen LogP contribution is 2.17. The largest absolute Gasteiger partial charge is 0.316 e. The number of nitrogens with one attached hydrogen (secondary N) is 1. The highest BCUT2D eigenvalue weighted by atomic mass is 15.2. The van der Waals surface area contributed by atoms with Crippen molar-refractivity contribution in [1.82, 2.24) is 15.1 Å². The van der Waals surface area contributed by atoms with Crippen molar-refractivity contribution in [2.75, 3.05) is 46.8 Å². The molecule has 0 saturated carbocycles. The Morgan fingerprint density at radius 2 is 2.18 bits per heavy atom. The van der Waals surface area contributed by atoms with Crippen LogP contribution in [-0.4, -0.2) is 62.7 Å². The van der Waals surface area contributed by atoms with E-state index in [-0.39, 0.29) is 0 Å². The number of rotatable bonds is 5. The molecule has 2 unspecified atom stereocenters. The number of piperidine rings is 1. The van der Waals surface area contributed by atoms with Crippen molar-refractivity contribution in [3.8, 4) is 0 Å². The first-order chi connectivity index (χ1) is 8.25. The quantitative estimate of drug-likeness (QED) is 0.782. The normalized spacial score (nSPS) is 31.2. The van der Waals surface area contributed by atoms with Gasteiger partial charge in [-0.2, -0.15) is 0 Å². The lowest BCUT2D eigenvalue weighted by molar-refractivity contribution is 0.205. The maximum absolute atomic E-state index is 3.51. The van der Waals surface area contributed by atoms with Gasteiger partial charge >= 0.3 is 0 Å². The number of hydrogen-bond acceptors (Lipinski definition) is 3. The molecule has 2 aliphatic rings. The third kappa shape index (κ3) is 4.23. The van der Waals surface area contributed by atoms with E-state index in [0.717, 1.165) is 12.0 Å². The van der Waals surface area contributed by atoms with Crippen LogP contribution >= 0.6 is 0 Å². The second kappa shape index (κ2) is 6.72. The van der Waals surface area contributed by atoms with Gasteiger partial charge in [0, 0.05) is 12.6 Å². The zero-order valence-electron chi connectivity index (χ0n) is 11.6. The van der Waals surface area contributed by atoms with E-state index < -0.39 is 0 Å². The van der Waals surface area contributed by atoms with Crippen molar-refractivity contribution in [3.63, 3.8) is 0 Å². The molecule has 0 radical (unpaired) electrons. The van der Waals surface area contributed by atoms with Crippen LogP contribution in [0.25, 0.3) is 0 Å². The van der Waals surface area contributed by atoms with Gasteiger partial charge in [0.05, 0.1) is 0 Å². The van der Waals surface area contributed by atoms with Gasteiger partial charge in [0.25, 0.3) is 0 Å². The lowest BCUT2D eigenvalue weighted by Gasteiger charge is -2.28. The summed E-state index contributed by atoms with van der Waals surface area (Å²) in [6, 6.07) is 0.810. The molecular weight excluding hydrogens is 210 g/mol. The molecule has 2 atom stereocenters. The molecule has 0 aromatic carbocycles. The molecule has 100 valence electrons. The standard InChI is InChI=1S/C14H29N3/c1-16(12-14-6-4-9-17(14)2)10-7-13-5-3-8-15-11-13/h13-15H,3-12H2,1-2H3. The van der Waals surface area contributed by atoms with E-state index in [1.165, 1.54) is 64.8 Å². The van der Waals surface area contributed by atoms with E-state index in [4.69, 9.17) is 0 Å². The van der Waals surface area contributed by atoms with Gasteiger partial charge in [-0.05, 0) is 78.3 Å². The van der Waals surface area contributed by atoms with Gasteiger partial charge in [-0.3, -0.25) is 0 Å². The van der Waals surface area contributed by atoms with Crippen LogP contribution < -0.4 is 5.32 Å². The van der Waals surface area contributed by atoms with Gasteiger partial charge < -0.3 is 15.1 Å². The zero-order chi connectivity index (χ0) is 12.1. The molecule has 2 aliphatic heterocycles. The molecule has 2 heterocycles. The highest BCUT2D eigenvalue weighted by molar-refractivity contribution is 4.79. The van der Waals surface area contributed by atoms with Gasteiger partial charge in [0.2, 0.25) is 0 Å². The maximum atomic E-state index is 3.51. The first-order valence-corrected chi connectivity index (χ1v) is 7.35. The van der Waals surface area contributed by atoms with E-state index in [9.17, 15) is 0 Å². The van der Waals surface area contributed by atoms with Gasteiger partial charge in [-0.15, -0.1) is 0 Å². The number of nitrogens with zero attached hydrogens (tertiary/aromatic N) is 2. The smallest absolute Gasteiger partial charge is 0.0220 e. The summed E-state index contributed by atoms with van der Waals surface area (Å²) in [5.41, 5.74) is 0. The molecule has 0 aliphatic carbocycles. The predicted molar refractivity (Wildman–Crippen MR) is 73.4 cm³/mol. The Bertz CT molecular complexity index is 214. The summed E-state index contributed by atoms with van der Waals surface area (Å²) in [7, 11) is 4.57. The number of likely N-dealkylation sites (N-methyl/N-ethyl adjacent to an activating group) is 2. The van der Waals surface area contributed by atoms with E-state index in [1.807, 2.05) is 0 Å². The maximum Gasteiger partial charge on any atom is 0.0220 e. The molecule has 2 fully saturated rings. The molecule has 0 amide bonds. The minimum atomic E-state index is 0.810. The van der Waals surface area contributed by atoms with Crippen LogP contribution in [0.15, 0.2) is 0 Å². The summed E-state index contributed by atoms with van der Waals surface area (Å²) in [5, 5.41) is 3.51. The highest BCUT2D eigenvalue weighted by Gasteiger charge is 2.22. The van der Waals surface area contributed by atoms with Crippen molar-refractivity contribution in [1.29, 1.82) is 0 Å². The Morgan fingerprint density at radius 3 is 2.82 bits per heavy atom. The van der Waals surface area contributed by atoms with Gasteiger partial charge in [0.1, 0.15) is 0 Å². The summed E-state index contributed by atoms with van der Waals surface area (Å²) in [4.78, 5) is 5.07. The minimum Gasteiger partial charge on any atom is -0.316 e. The molecule has 17 heavy (non-hydrogen) atoms. The Hall–Kier alpha value is -0.120. The van der Waals surface area contributed by atoms with E-state index in [0.29, 0.717) is 0 Å². The van der Waals surface area contributed by atoms with Crippen molar-refractivity contribution < 1.29 is 0 Å². The first kappa shape index (κ1) is 13.3. The fourth-order valence-corrected chi connectivity index (χ4v) is 3.23. The summed E-state index contributed by atoms with van der Waals surface area (Å²) < 4.78 is 0. The van der Waals surface area contributed by atoms with Crippen LogP contribution in [0.4, 0.5) is 0 Å². The average Bonchev–Trinajstić information content (AvgIpc) is 2.74. The SMILES string of the molecule is CN(CCC1CCCNC1)CC1CCCN1C. The van der Waals surface area contributed by atoms with Crippen LogP contribution in [0.2, 0.25) is 0 Å². The molecular formula is C14H29N3. The zero-order valence-corrected chi connectivity index (χ0v) is 11.6. The monoisotopic (exact) mass is 239 g/mol. The van der Waals surface area contributed by atoms with Gasteiger partial charge in [-0.1, -0.05) is 0 Å². The van der Waals surface area contributed by atoms with E-state index in [2.05, 4.69) is 29.2 Å². The molecule has 2 saturated heterocycles. The second-order valence-electron chi connectivity index (χ2n) is 6.04. The van der Waals surface area contributed by atoms with Crippen molar-refractivity contribution >= 4 is 0 Å². The number of likely N-dealkylation sites (tertiary alicyclic amines) is 1. The van der Waals surface area contributed by atoms with Gasteiger partial charge in [-0.25, -0.2) is 0 Å². The molecule has 3 heteroatoms. The Labute approximate surface area is 107 Å². The predicted octanol–water partition coefficient (Wildman–Crippen LogP) is 1.40. The molecule has 0 bridgehead atoms. The van der Waals surface area contributed by atoms with Crippen LogP contribution in [0.3, 0.4) is 0 Å². The Morgan fingerprint density at radius 1 is 1.29 bits per heavy atom. The molecule has 1 N–H and O–H groups in total. The topological polar surface area (TPSA) is 18.5 Å². The summed E-state index contributed by atoms with van der Waals surface area (Å²) in [6.07, 6.45) is 6.97. The lowest BCUT2D eigenvalue weighted by Crippen LogP contribution is -2.38. The summed E-state index contributed by atoms with van der Waals surface area (Å²) in [5.74, 6) is 0.924. The summed E-state index contributed by atoms with van der Waals surface area (Å²) >= 11 is 0. The van der Waals surface area contributed by atoms with Crippen LogP contribution in [0, 0.1) is 5.92 Å². The minimum absolute atomic E-state index is 0.810. The van der Waals surface area contributed by atoms with Crippen molar-refractivity contribution in [3.05, 3.63) is 0 Å². The molecule has 2 rings (SSSR count). The van der Waals surface area contributed by atoms with Crippen LogP contribution in [-0.2, 0) is 0 Å². The lowest BCUT2D eigenvalue weighted by atomic mass is 9.96. The Balaban J connectivity index is 1.61. The van der Waals surface area contributed by atoms with Crippen LogP contribution in [0.5, 0.6) is 0 Å². The molecule has 3 nitrogen and oxygen atoms in total. The van der Waals surface area contributed by atoms with Crippen molar-refractivity contribution in [2.45, 2.75) is 38.1 Å². The third-order valence-corrected chi connectivity index (χ3v) is 4.51. The third-order valence-electron chi connectivity index (χ3n) is 4.51. The fourth-order valence-electron chi connectivity index (χ4n) is 3.23. The van der Waals surface area contributed by atoms with Crippen LogP contribution in [0.1, 0.15) is 32.1 Å². The van der Waals surface area contributed by atoms with E-state index >= 15 is 0 Å². The molecule has 0 aromatic heterocycles. The Kier molecular flexibility index (Phi) is 5.26. The fraction of sp³-hybridized carbons (Fsp3) is 1.00. The summed E-state index contributed by atoms with van der Waals surface area (Å²) in [6.45, 7) is 6.31. The average molecular weight is 239 g/mol. The molecule has 0 spiro atoms. The molecule has 0 aromatic rings. The van der Waals surface area contributed by atoms with Crippen molar-refractivity contribution in [2.24, 2.45) is 5.92 Å². The van der Waals surface area contributed by atoms with Gasteiger partial charge in [0.15, 0.2) is 0 Å². The van der Waals surface area contributed by atoms with E-state index in [1.54, 1.807) is 0 Å². The number of hydrogen-bond donors (Lipinski definition) is 1.